The molecular weight excluding hydrogens is 156 g/mol. The number of fused-ring (bicyclic) bond motifs is 1. The number of hydrogen-bond acceptors (Lipinski definition) is 2. The van der Waals surface area contributed by atoms with Crippen molar-refractivity contribution < 1.29 is 4.92 Å². The standard InChI is InChI=1S/C8H7N2O2/c11-10(12)8-5-6-3-1-2-4-7(6)9-8/h1-4,8H,5H2. The smallest absolute Gasteiger partial charge is 0.262 e. The second kappa shape index (κ2) is 2.48. The van der Waals surface area contributed by atoms with Gasteiger partial charge in [-0.05, 0) is 11.6 Å². The van der Waals surface area contributed by atoms with E-state index in [0.717, 1.165) is 11.3 Å². The van der Waals surface area contributed by atoms with Crippen LogP contribution in [0.15, 0.2) is 24.3 Å². The number of rotatable bonds is 1. The van der Waals surface area contributed by atoms with Gasteiger partial charge in [0.2, 0.25) is 0 Å². The Morgan fingerprint density at radius 3 is 2.92 bits per heavy atom. The molecule has 4 nitrogen and oxygen atoms in total. The van der Waals surface area contributed by atoms with Crippen molar-refractivity contribution in [3.63, 3.8) is 0 Å². The van der Waals surface area contributed by atoms with E-state index in [9.17, 15) is 10.1 Å². The summed E-state index contributed by atoms with van der Waals surface area (Å²) in [5.74, 6) is 0. The van der Waals surface area contributed by atoms with Gasteiger partial charge in [0, 0.05) is 4.92 Å². The van der Waals surface area contributed by atoms with Crippen molar-refractivity contribution in [2.45, 2.75) is 12.6 Å². The molecule has 1 radical (unpaired) electrons. The van der Waals surface area contributed by atoms with Crippen LogP contribution in [0.3, 0.4) is 0 Å². The molecule has 1 aromatic carbocycles. The van der Waals surface area contributed by atoms with Crippen LogP contribution in [0.4, 0.5) is 5.69 Å². The first-order valence-corrected chi connectivity index (χ1v) is 3.69. The first-order chi connectivity index (χ1) is 5.77. The van der Waals surface area contributed by atoms with E-state index in [2.05, 4.69) is 5.32 Å². The Morgan fingerprint density at radius 1 is 1.50 bits per heavy atom. The fourth-order valence-electron chi connectivity index (χ4n) is 1.33. The minimum atomic E-state index is -0.762. The molecule has 12 heavy (non-hydrogen) atoms. The van der Waals surface area contributed by atoms with Crippen LogP contribution in [0, 0.1) is 10.1 Å². The van der Waals surface area contributed by atoms with Crippen LogP contribution in [0.5, 0.6) is 0 Å². The maximum absolute atomic E-state index is 10.4. The van der Waals surface area contributed by atoms with Crippen molar-refractivity contribution in [1.82, 2.24) is 5.32 Å². The lowest BCUT2D eigenvalue weighted by molar-refractivity contribution is -0.525. The molecular formula is C8H7N2O2. The third-order valence-corrected chi connectivity index (χ3v) is 1.93. The summed E-state index contributed by atoms with van der Waals surface area (Å²) in [5, 5.41) is 14.3. The molecule has 0 saturated carbocycles. The molecule has 1 atom stereocenters. The van der Waals surface area contributed by atoms with E-state index in [-0.39, 0.29) is 4.92 Å². The Bertz CT molecular complexity index is 300. The average molecular weight is 163 g/mol. The summed E-state index contributed by atoms with van der Waals surface area (Å²) < 4.78 is 0. The van der Waals surface area contributed by atoms with Gasteiger partial charge in [0.15, 0.2) is 0 Å². The summed E-state index contributed by atoms with van der Waals surface area (Å²) in [5.41, 5.74) is 1.73. The van der Waals surface area contributed by atoms with E-state index < -0.39 is 6.17 Å². The van der Waals surface area contributed by atoms with Crippen LogP contribution in [-0.4, -0.2) is 11.1 Å². The molecule has 1 unspecified atom stereocenters. The number of hydrogen-bond donors (Lipinski definition) is 0. The first-order valence-electron chi connectivity index (χ1n) is 3.69. The van der Waals surface area contributed by atoms with Crippen molar-refractivity contribution in [2.75, 3.05) is 0 Å². The minimum absolute atomic E-state index is 0.347. The second-order valence-corrected chi connectivity index (χ2v) is 2.73. The maximum Gasteiger partial charge on any atom is 0.308 e. The highest BCUT2D eigenvalue weighted by Crippen LogP contribution is 2.25. The summed E-state index contributed by atoms with van der Waals surface area (Å²) >= 11 is 0. The largest absolute Gasteiger partial charge is 0.308 e. The summed E-state index contributed by atoms with van der Waals surface area (Å²) in [6, 6.07) is 7.39. The monoisotopic (exact) mass is 163 g/mol. The van der Waals surface area contributed by atoms with Crippen LogP contribution in [0.1, 0.15) is 5.56 Å². The molecule has 0 bridgehead atoms. The second-order valence-electron chi connectivity index (χ2n) is 2.73. The van der Waals surface area contributed by atoms with E-state index in [1.165, 1.54) is 0 Å². The zero-order valence-corrected chi connectivity index (χ0v) is 6.30. The van der Waals surface area contributed by atoms with Gasteiger partial charge in [-0.1, -0.05) is 18.2 Å². The Hall–Kier alpha value is -1.58. The predicted molar refractivity (Wildman–Crippen MR) is 42.7 cm³/mol. The van der Waals surface area contributed by atoms with Crippen LogP contribution >= 0.6 is 0 Å². The van der Waals surface area contributed by atoms with Gasteiger partial charge in [-0.15, -0.1) is 0 Å². The van der Waals surface area contributed by atoms with Gasteiger partial charge in [0.05, 0.1) is 12.1 Å². The molecule has 1 aliphatic heterocycles. The van der Waals surface area contributed by atoms with Gasteiger partial charge in [-0.3, -0.25) is 10.1 Å². The summed E-state index contributed by atoms with van der Waals surface area (Å²) in [4.78, 5) is 10.0. The summed E-state index contributed by atoms with van der Waals surface area (Å²) in [6.45, 7) is 0. The van der Waals surface area contributed by atoms with Crippen LogP contribution in [0.25, 0.3) is 0 Å². The Kier molecular flexibility index (Phi) is 1.46. The Morgan fingerprint density at radius 2 is 2.25 bits per heavy atom. The van der Waals surface area contributed by atoms with E-state index in [1.807, 2.05) is 18.2 Å². The van der Waals surface area contributed by atoms with E-state index in [1.54, 1.807) is 6.07 Å². The quantitative estimate of drug-likeness (QED) is 0.459. The summed E-state index contributed by atoms with van der Waals surface area (Å²) in [7, 11) is 0. The van der Waals surface area contributed by atoms with Gasteiger partial charge in [0.25, 0.3) is 0 Å². The SMILES string of the molecule is O=[N+]([O-])C1Cc2ccccc2[N]1. The van der Waals surface area contributed by atoms with Crippen molar-refractivity contribution in [3.8, 4) is 0 Å². The van der Waals surface area contributed by atoms with Crippen molar-refractivity contribution in [1.29, 1.82) is 0 Å². The van der Waals surface area contributed by atoms with Crippen LogP contribution in [0.2, 0.25) is 0 Å². The predicted octanol–water partition coefficient (Wildman–Crippen LogP) is 1.08. The molecule has 0 N–H and O–H groups in total. The first kappa shape index (κ1) is 7.09. The number of nitrogens with zero attached hydrogens (tertiary/aromatic N) is 2. The van der Waals surface area contributed by atoms with Crippen molar-refractivity contribution in [3.05, 3.63) is 39.9 Å². The van der Waals surface area contributed by atoms with E-state index >= 15 is 0 Å². The third-order valence-electron chi connectivity index (χ3n) is 1.93. The summed E-state index contributed by atoms with van der Waals surface area (Å²) in [6.07, 6.45) is -0.328. The lowest BCUT2D eigenvalue weighted by atomic mass is 10.2. The third kappa shape index (κ3) is 1.01. The fourth-order valence-corrected chi connectivity index (χ4v) is 1.33. The lowest BCUT2D eigenvalue weighted by Crippen LogP contribution is -2.24. The zero-order valence-electron chi connectivity index (χ0n) is 6.30. The molecule has 4 heteroatoms. The molecule has 1 aliphatic rings. The number of nitro groups is 1. The Balaban J connectivity index is 2.27. The van der Waals surface area contributed by atoms with Crippen molar-refractivity contribution >= 4 is 5.69 Å². The van der Waals surface area contributed by atoms with Gasteiger partial charge in [0.1, 0.15) is 0 Å². The minimum Gasteiger partial charge on any atom is -0.262 e. The highest BCUT2D eigenvalue weighted by Gasteiger charge is 2.30. The topological polar surface area (TPSA) is 57.2 Å². The Labute approximate surface area is 69.4 Å². The normalized spacial score (nSPS) is 19.8. The molecule has 0 amide bonds. The molecule has 1 aromatic rings. The molecule has 0 aliphatic carbocycles. The molecule has 2 rings (SSSR count). The average Bonchev–Trinajstić information content (AvgIpc) is 2.46. The van der Waals surface area contributed by atoms with Gasteiger partial charge < -0.3 is 0 Å². The molecule has 0 spiro atoms. The molecule has 1 heterocycles. The van der Waals surface area contributed by atoms with Gasteiger partial charge in [-0.2, -0.15) is 0 Å². The van der Waals surface area contributed by atoms with Crippen LogP contribution in [-0.2, 0) is 6.42 Å². The highest BCUT2D eigenvalue weighted by molar-refractivity contribution is 5.48. The van der Waals surface area contributed by atoms with E-state index in [4.69, 9.17) is 0 Å². The van der Waals surface area contributed by atoms with Crippen LogP contribution < -0.4 is 5.32 Å². The van der Waals surface area contributed by atoms with Gasteiger partial charge >= 0.3 is 6.17 Å². The molecule has 0 fully saturated rings. The fraction of sp³-hybridized carbons (Fsp3) is 0.250. The number of para-hydroxylation sites is 1. The molecule has 0 aromatic heterocycles. The zero-order chi connectivity index (χ0) is 8.55. The van der Waals surface area contributed by atoms with Gasteiger partial charge in [-0.25, -0.2) is 5.32 Å². The van der Waals surface area contributed by atoms with Crippen molar-refractivity contribution in [2.24, 2.45) is 0 Å². The highest BCUT2D eigenvalue weighted by atomic mass is 16.6. The lowest BCUT2D eigenvalue weighted by Gasteiger charge is -1.96. The maximum atomic E-state index is 10.4. The van der Waals surface area contributed by atoms with E-state index in [0.29, 0.717) is 6.42 Å². The molecule has 0 saturated heterocycles. The number of benzene rings is 1. The molecule has 61 valence electrons.